The Bertz CT molecular complexity index is 430. The molecule has 0 N–H and O–H groups in total. The molecule has 0 aromatic carbocycles. The van der Waals surface area contributed by atoms with E-state index < -0.39 is 36.0 Å². The van der Waals surface area contributed by atoms with E-state index in [4.69, 9.17) is 0 Å². The molecule has 0 spiro atoms. The number of imide groups is 1. The minimum Gasteiger partial charge on any atom is -0.453 e. The third-order valence-electron chi connectivity index (χ3n) is 2.40. The van der Waals surface area contributed by atoms with Crippen molar-refractivity contribution in [2.45, 2.75) is 38.9 Å². The van der Waals surface area contributed by atoms with Crippen LogP contribution in [-0.2, 0) is 38.3 Å². The average Bonchev–Trinajstić information content (AvgIpc) is 2.70. The van der Waals surface area contributed by atoms with Crippen molar-refractivity contribution in [2.75, 3.05) is 0 Å². The van der Waals surface area contributed by atoms with Gasteiger partial charge in [0.2, 0.25) is 0 Å². The van der Waals surface area contributed by atoms with Gasteiger partial charge in [-0.25, -0.2) is 9.59 Å². The van der Waals surface area contributed by atoms with Gasteiger partial charge in [-0.05, 0) is 13.8 Å². The summed E-state index contributed by atoms with van der Waals surface area (Å²) in [5, 5.41) is 0.345. The predicted molar refractivity (Wildman–Crippen MR) is 59.3 cm³/mol. The molecule has 0 aromatic heterocycles. The summed E-state index contributed by atoms with van der Waals surface area (Å²) in [6, 6.07) is 0. The van der Waals surface area contributed by atoms with Crippen LogP contribution in [0.2, 0.25) is 0 Å². The number of nitrogens with zero attached hydrogens (tertiary/aromatic N) is 1. The van der Waals surface area contributed by atoms with Crippen LogP contribution in [0.25, 0.3) is 0 Å². The minimum atomic E-state index is -1.36. The Morgan fingerprint density at radius 2 is 1.65 bits per heavy atom. The van der Waals surface area contributed by atoms with Gasteiger partial charge in [0.05, 0.1) is 0 Å². The Morgan fingerprint density at radius 1 is 1.10 bits per heavy atom. The molecule has 110 valence electrons. The summed E-state index contributed by atoms with van der Waals surface area (Å²) in [5.74, 6) is -3.32. The highest BCUT2D eigenvalue weighted by Crippen LogP contribution is 2.13. The van der Waals surface area contributed by atoms with Gasteiger partial charge in [-0.2, -0.15) is 0 Å². The molecule has 9 heteroatoms. The molecule has 0 aliphatic carbocycles. The molecule has 9 nitrogen and oxygen atoms in total. The molecule has 2 amide bonds. The van der Waals surface area contributed by atoms with Crippen LogP contribution in [0.3, 0.4) is 0 Å². The summed E-state index contributed by atoms with van der Waals surface area (Å²) < 4.78 is 8.99. The Balaban J connectivity index is 2.51. The Hall–Kier alpha value is -2.45. The molecule has 0 bridgehead atoms. The maximum atomic E-state index is 11.6. The summed E-state index contributed by atoms with van der Waals surface area (Å²) in [5.41, 5.74) is 0. The van der Waals surface area contributed by atoms with Crippen LogP contribution in [0.4, 0.5) is 0 Å². The van der Waals surface area contributed by atoms with Gasteiger partial charge in [-0.1, -0.05) is 0 Å². The summed E-state index contributed by atoms with van der Waals surface area (Å²) in [7, 11) is 0. The fourth-order valence-corrected chi connectivity index (χ4v) is 1.28. The molecule has 0 aromatic rings. The number of hydrogen-bond acceptors (Lipinski definition) is 8. The summed E-state index contributed by atoms with van der Waals surface area (Å²) in [6.45, 7) is 2.51. The molecule has 1 aliphatic rings. The van der Waals surface area contributed by atoms with Gasteiger partial charge in [-0.15, -0.1) is 5.06 Å². The van der Waals surface area contributed by atoms with Crippen LogP contribution in [0.15, 0.2) is 0 Å². The van der Waals surface area contributed by atoms with E-state index in [0.29, 0.717) is 5.06 Å². The lowest BCUT2D eigenvalue weighted by atomic mass is 10.4. The van der Waals surface area contributed by atoms with E-state index in [1.165, 1.54) is 13.8 Å². The van der Waals surface area contributed by atoms with Crippen molar-refractivity contribution >= 4 is 30.2 Å². The van der Waals surface area contributed by atoms with Crippen LogP contribution in [0.5, 0.6) is 0 Å². The topological polar surface area (TPSA) is 116 Å². The number of ether oxygens (including phenoxy) is 2. The van der Waals surface area contributed by atoms with Crippen LogP contribution >= 0.6 is 0 Å². The second-order valence-corrected chi connectivity index (χ2v) is 3.95. The molecule has 0 radical (unpaired) electrons. The molecule has 0 saturated carbocycles. The number of esters is 1. The zero-order valence-corrected chi connectivity index (χ0v) is 10.9. The predicted octanol–water partition coefficient (Wildman–Crippen LogP) is -0.913. The standard InChI is InChI=1S/C11H13NO8/c1-6(18-5-13)10(16)19-7(2)11(17)20-12-8(14)3-4-9(12)15/h5-7H,3-4H2,1-2H3/t6-,7-/m0/s1. The monoisotopic (exact) mass is 287 g/mol. The minimum absolute atomic E-state index is 0.0372. The maximum Gasteiger partial charge on any atom is 0.373 e. The van der Waals surface area contributed by atoms with Crippen LogP contribution in [-0.4, -0.2) is 47.5 Å². The van der Waals surface area contributed by atoms with Gasteiger partial charge in [-0.3, -0.25) is 14.4 Å². The van der Waals surface area contributed by atoms with Gasteiger partial charge >= 0.3 is 11.9 Å². The first-order chi connectivity index (χ1) is 9.36. The smallest absolute Gasteiger partial charge is 0.373 e. The molecule has 1 rings (SSSR count). The molecule has 1 heterocycles. The van der Waals surface area contributed by atoms with Gasteiger partial charge in [0.25, 0.3) is 18.3 Å². The first-order valence-electron chi connectivity index (χ1n) is 5.74. The van der Waals surface area contributed by atoms with E-state index in [1.807, 2.05) is 0 Å². The highest BCUT2D eigenvalue weighted by Gasteiger charge is 2.35. The van der Waals surface area contributed by atoms with Crippen molar-refractivity contribution in [1.82, 2.24) is 5.06 Å². The molecular formula is C11H13NO8. The lowest BCUT2D eigenvalue weighted by Crippen LogP contribution is -2.38. The molecule has 1 saturated heterocycles. The van der Waals surface area contributed by atoms with Gasteiger partial charge < -0.3 is 14.3 Å². The number of rotatable bonds is 6. The average molecular weight is 287 g/mol. The number of carbonyl (C=O) groups is 5. The highest BCUT2D eigenvalue weighted by molar-refractivity contribution is 6.01. The van der Waals surface area contributed by atoms with Crippen molar-refractivity contribution in [3.63, 3.8) is 0 Å². The molecule has 1 aliphatic heterocycles. The highest BCUT2D eigenvalue weighted by atomic mass is 16.7. The van der Waals surface area contributed by atoms with E-state index in [9.17, 15) is 24.0 Å². The lowest BCUT2D eigenvalue weighted by Gasteiger charge is -2.17. The van der Waals surface area contributed by atoms with Crippen molar-refractivity contribution < 1.29 is 38.3 Å². The molecular weight excluding hydrogens is 274 g/mol. The number of carbonyl (C=O) groups excluding carboxylic acids is 5. The van der Waals surface area contributed by atoms with E-state index >= 15 is 0 Å². The number of hydroxylamine groups is 2. The van der Waals surface area contributed by atoms with Crippen LogP contribution in [0, 0.1) is 0 Å². The second kappa shape index (κ2) is 6.64. The largest absolute Gasteiger partial charge is 0.453 e. The van der Waals surface area contributed by atoms with Crippen molar-refractivity contribution in [3.05, 3.63) is 0 Å². The second-order valence-electron chi connectivity index (χ2n) is 3.95. The Morgan fingerprint density at radius 3 is 2.15 bits per heavy atom. The number of hydrogen-bond donors (Lipinski definition) is 0. The molecule has 0 unspecified atom stereocenters. The first kappa shape index (κ1) is 15.6. The Labute approximate surface area is 113 Å². The summed E-state index contributed by atoms with van der Waals surface area (Å²) in [4.78, 5) is 59.9. The third-order valence-corrected chi connectivity index (χ3v) is 2.40. The first-order valence-corrected chi connectivity index (χ1v) is 5.74. The van der Waals surface area contributed by atoms with Gasteiger partial charge in [0.15, 0.2) is 12.2 Å². The SMILES string of the molecule is C[C@H](OC=O)C(=O)O[C@@H](C)C(=O)ON1C(=O)CCC1=O. The van der Waals surface area contributed by atoms with E-state index in [0.717, 1.165) is 0 Å². The summed E-state index contributed by atoms with van der Waals surface area (Å²) in [6.07, 6.45) is -2.62. The Kier molecular flexibility index (Phi) is 5.18. The van der Waals surface area contributed by atoms with Gasteiger partial charge in [0.1, 0.15) is 0 Å². The van der Waals surface area contributed by atoms with Crippen molar-refractivity contribution in [1.29, 1.82) is 0 Å². The number of amides is 2. The van der Waals surface area contributed by atoms with E-state index in [2.05, 4.69) is 14.3 Å². The zero-order chi connectivity index (χ0) is 15.3. The van der Waals surface area contributed by atoms with Crippen LogP contribution in [0.1, 0.15) is 26.7 Å². The van der Waals surface area contributed by atoms with E-state index in [-0.39, 0.29) is 19.3 Å². The molecule has 20 heavy (non-hydrogen) atoms. The summed E-state index contributed by atoms with van der Waals surface area (Å²) >= 11 is 0. The lowest BCUT2D eigenvalue weighted by molar-refractivity contribution is -0.206. The van der Waals surface area contributed by atoms with Crippen molar-refractivity contribution in [3.8, 4) is 0 Å². The fraction of sp³-hybridized carbons (Fsp3) is 0.545. The van der Waals surface area contributed by atoms with Crippen LogP contribution < -0.4 is 0 Å². The van der Waals surface area contributed by atoms with Crippen molar-refractivity contribution in [2.24, 2.45) is 0 Å². The third kappa shape index (κ3) is 3.77. The normalized spacial score (nSPS) is 17.4. The maximum absolute atomic E-state index is 11.6. The van der Waals surface area contributed by atoms with E-state index in [1.54, 1.807) is 0 Å². The fourth-order valence-electron chi connectivity index (χ4n) is 1.28. The zero-order valence-electron chi connectivity index (χ0n) is 10.9. The molecule has 1 fully saturated rings. The molecule has 2 atom stereocenters. The van der Waals surface area contributed by atoms with Gasteiger partial charge in [0, 0.05) is 12.8 Å². The quantitative estimate of drug-likeness (QED) is 0.350.